The molecular weight excluding hydrogens is 388 g/mol. The first kappa shape index (κ1) is 18.5. The highest BCUT2D eigenvalue weighted by Crippen LogP contribution is 2.35. The third-order valence-electron chi connectivity index (χ3n) is 4.36. The number of hydrogen-bond donors (Lipinski definition) is 1. The fraction of sp³-hybridized carbons (Fsp3) is 0.0909. The van der Waals surface area contributed by atoms with Crippen LogP contribution in [-0.2, 0) is 4.79 Å². The summed E-state index contributed by atoms with van der Waals surface area (Å²) in [4.78, 5) is 20.5. The number of aryl methyl sites for hydroxylation is 1. The molecule has 0 radical (unpaired) electrons. The summed E-state index contributed by atoms with van der Waals surface area (Å²) in [5.41, 5.74) is 4.10. The number of carbonyl (C=O) groups excluding carboxylic acids is 1. The number of amidine groups is 1. The molecule has 0 unspecified atom stereocenters. The monoisotopic (exact) mass is 406 g/mol. The Balaban J connectivity index is 1.57. The second-order valence-electron chi connectivity index (χ2n) is 6.49. The number of aliphatic imine (C=N–C) groups is 1. The van der Waals surface area contributed by atoms with Gasteiger partial charge < -0.3 is 5.11 Å². The van der Waals surface area contributed by atoms with E-state index in [9.17, 15) is 9.90 Å². The fourth-order valence-electron chi connectivity index (χ4n) is 2.74. The smallest absolute Gasteiger partial charge is 0.266 e. The van der Waals surface area contributed by atoms with Crippen molar-refractivity contribution in [1.82, 2.24) is 4.90 Å². The fourth-order valence-corrected chi connectivity index (χ4v) is 4.64. The number of rotatable bonds is 3. The van der Waals surface area contributed by atoms with Gasteiger partial charge in [0.25, 0.3) is 5.91 Å². The molecule has 28 heavy (non-hydrogen) atoms. The van der Waals surface area contributed by atoms with Crippen molar-refractivity contribution >= 4 is 45.9 Å². The van der Waals surface area contributed by atoms with Gasteiger partial charge in [0.1, 0.15) is 5.75 Å². The van der Waals surface area contributed by atoms with Crippen molar-refractivity contribution in [1.29, 1.82) is 0 Å². The third kappa shape index (κ3) is 3.88. The first-order chi connectivity index (χ1) is 13.5. The van der Waals surface area contributed by atoms with E-state index in [1.165, 1.54) is 17.3 Å². The van der Waals surface area contributed by atoms with Crippen LogP contribution in [0.3, 0.4) is 0 Å². The van der Waals surface area contributed by atoms with Gasteiger partial charge in [-0.25, -0.2) is 4.99 Å². The minimum Gasteiger partial charge on any atom is -0.508 e. The molecule has 2 heterocycles. The largest absolute Gasteiger partial charge is 0.508 e. The predicted octanol–water partition coefficient (Wildman–Crippen LogP) is 5.66. The lowest BCUT2D eigenvalue weighted by molar-refractivity contribution is -0.121. The van der Waals surface area contributed by atoms with Crippen LogP contribution in [0.5, 0.6) is 5.75 Å². The second-order valence-corrected chi connectivity index (χ2v) is 8.44. The predicted molar refractivity (Wildman–Crippen MR) is 118 cm³/mol. The molecule has 0 bridgehead atoms. The summed E-state index contributed by atoms with van der Waals surface area (Å²) < 4.78 is 0. The molecule has 4 nitrogen and oxygen atoms in total. The second kappa shape index (κ2) is 7.66. The number of likely N-dealkylation sites (N-methyl/N-ethyl adjacent to an activating group) is 1. The van der Waals surface area contributed by atoms with Crippen molar-refractivity contribution in [3.8, 4) is 16.9 Å². The van der Waals surface area contributed by atoms with Crippen LogP contribution in [0.15, 0.2) is 69.9 Å². The molecule has 3 aromatic rings. The molecule has 1 saturated heterocycles. The lowest BCUT2D eigenvalue weighted by Gasteiger charge is -2.07. The number of phenolic OH excluding ortho intramolecular Hbond substituents is 1. The average Bonchev–Trinajstić information content (AvgIpc) is 3.25. The summed E-state index contributed by atoms with van der Waals surface area (Å²) in [6.45, 7) is 2.03. The normalized spacial score (nSPS) is 17.1. The van der Waals surface area contributed by atoms with Crippen molar-refractivity contribution in [3.05, 3.63) is 75.3 Å². The number of thiophene rings is 1. The number of amides is 1. The van der Waals surface area contributed by atoms with E-state index in [-0.39, 0.29) is 11.7 Å². The van der Waals surface area contributed by atoms with Gasteiger partial charge in [-0.05, 0) is 71.6 Å². The van der Waals surface area contributed by atoms with Crippen LogP contribution < -0.4 is 0 Å². The van der Waals surface area contributed by atoms with E-state index in [1.54, 1.807) is 35.4 Å². The Morgan fingerprint density at radius 1 is 1.04 bits per heavy atom. The van der Waals surface area contributed by atoms with E-state index >= 15 is 0 Å². The van der Waals surface area contributed by atoms with Crippen LogP contribution in [-0.4, -0.2) is 28.1 Å². The van der Waals surface area contributed by atoms with Gasteiger partial charge in [-0.15, -0.1) is 11.3 Å². The maximum Gasteiger partial charge on any atom is 0.266 e. The minimum atomic E-state index is -0.0459. The van der Waals surface area contributed by atoms with Crippen molar-refractivity contribution in [2.45, 2.75) is 6.92 Å². The van der Waals surface area contributed by atoms with Gasteiger partial charge in [-0.1, -0.05) is 29.8 Å². The number of benzene rings is 2. The molecule has 0 atom stereocenters. The van der Waals surface area contributed by atoms with Crippen LogP contribution in [0.1, 0.15) is 10.4 Å². The molecule has 1 aliphatic rings. The van der Waals surface area contributed by atoms with E-state index in [0.29, 0.717) is 10.1 Å². The Bertz CT molecular complexity index is 1080. The topological polar surface area (TPSA) is 52.9 Å². The summed E-state index contributed by atoms with van der Waals surface area (Å²) in [6.07, 6.45) is 1.91. The summed E-state index contributed by atoms with van der Waals surface area (Å²) in [6, 6.07) is 17.1. The third-order valence-corrected chi connectivity index (χ3v) is 6.30. The van der Waals surface area contributed by atoms with E-state index in [2.05, 4.69) is 4.99 Å². The SMILES string of the molecule is Cc1ccc(N=C2SC(=Cc3cc(-c4ccc(O)cc4)cs3)C(=O)N2C)cc1. The number of hydrogen-bond acceptors (Lipinski definition) is 5. The minimum absolute atomic E-state index is 0.0459. The Labute approximate surface area is 171 Å². The molecule has 2 aromatic carbocycles. The van der Waals surface area contributed by atoms with Gasteiger partial charge in [-0.3, -0.25) is 9.69 Å². The number of nitrogens with zero attached hydrogens (tertiary/aromatic N) is 2. The number of aromatic hydroxyl groups is 1. The Kier molecular flexibility index (Phi) is 5.07. The van der Waals surface area contributed by atoms with Crippen LogP contribution in [0, 0.1) is 6.92 Å². The molecule has 6 heteroatoms. The van der Waals surface area contributed by atoms with Crippen LogP contribution in [0.25, 0.3) is 17.2 Å². The average molecular weight is 407 g/mol. The lowest BCUT2D eigenvalue weighted by atomic mass is 10.1. The highest BCUT2D eigenvalue weighted by Gasteiger charge is 2.30. The molecule has 1 amide bonds. The molecule has 0 spiro atoms. The molecule has 0 saturated carbocycles. The highest BCUT2D eigenvalue weighted by atomic mass is 32.2. The van der Waals surface area contributed by atoms with E-state index in [1.807, 2.05) is 60.8 Å². The van der Waals surface area contributed by atoms with Crippen LogP contribution in [0.2, 0.25) is 0 Å². The van der Waals surface area contributed by atoms with E-state index in [0.717, 1.165) is 21.7 Å². The van der Waals surface area contributed by atoms with Gasteiger partial charge in [-0.2, -0.15) is 0 Å². The maximum absolute atomic E-state index is 12.6. The van der Waals surface area contributed by atoms with Gasteiger partial charge in [0.15, 0.2) is 5.17 Å². The number of phenols is 1. The molecule has 140 valence electrons. The zero-order valence-corrected chi connectivity index (χ0v) is 17.1. The molecular formula is C22H18N2O2S2. The molecule has 4 rings (SSSR count). The summed E-state index contributed by atoms with van der Waals surface area (Å²) in [5.74, 6) is 0.202. The Morgan fingerprint density at radius 2 is 1.75 bits per heavy atom. The van der Waals surface area contributed by atoms with Gasteiger partial charge in [0.2, 0.25) is 0 Å². The molecule has 1 aromatic heterocycles. The zero-order chi connectivity index (χ0) is 19.7. The maximum atomic E-state index is 12.6. The van der Waals surface area contributed by atoms with Gasteiger partial charge in [0.05, 0.1) is 10.6 Å². The lowest BCUT2D eigenvalue weighted by Crippen LogP contribution is -2.23. The van der Waals surface area contributed by atoms with Gasteiger partial charge in [0, 0.05) is 11.9 Å². The first-order valence-electron chi connectivity index (χ1n) is 8.70. The standard InChI is InChI=1S/C22H18N2O2S2/c1-14-3-7-17(8-4-14)23-22-24(2)21(26)20(28-22)12-19-11-16(13-27-19)15-5-9-18(25)10-6-15/h3-13,25H,1-2H3. The van der Waals surface area contributed by atoms with Crippen molar-refractivity contribution < 1.29 is 9.90 Å². The molecule has 0 aliphatic carbocycles. The van der Waals surface area contributed by atoms with Crippen molar-refractivity contribution in [2.75, 3.05) is 7.05 Å². The molecule has 1 N–H and O–H groups in total. The van der Waals surface area contributed by atoms with E-state index < -0.39 is 0 Å². The summed E-state index contributed by atoms with van der Waals surface area (Å²) in [5, 5.41) is 12.2. The van der Waals surface area contributed by atoms with Crippen molar-refractivity contribution in [2.24, 2.45) is 4.99 Å². The molecule has 1 fully saturated rings. The van der Waals surface area contributed by atoms with Crippen LogP contribution >= 0.6 is 23.1 Å². The van der Waals surface area contributed by atoms with Gasteiger partial charge >= 0.3 is 0 Å². The van der Waals surface area contributed by atoms with E-state index in [4.69, 9.17) is 0 Å². The highest BCUT2D eigenvalue weighted by molar-refractivity contribution is 8.18. The Hall–Kier alpha value is -2.83. The quantitative estimate of drug-likeness (QED) is 0.571. The summed E-state index contributed by atoms with van der Waals surface area (Å²) >= 11 is 2.97. The zero-order valence-electron chi connectivity index (χ0n) is 15.4. The Morgan fingerprint density at radius 3 is 2.46 bits per heavy atom. The van der Waals surface area contributed by atoms with Crippen LogP contribution in [0.4, 0.5) is 5.69 Å². The first-order valence-corrected chi connectivity index (χ1v) is 10.4. The number of carbonyl (C=O) groups is 1. The number of thioether (sulfide) groups is 1. The van der Waals surface area contributed by atoms with Crippen molar-refractivity contribution in [3.63, 3.8) is 0 Å². The summed E-state index contributed by atoms with van der Waals surface area (Å²) in [7, 11) is 1.75. The molecule has 1 aliphatic heterocycles.